The number of aromatic hydroxyl groups is 1. The van der Waals surface area contributed by atoms with Crippen LogP contribution in [-0.4, -0.2) is 10.1 Å². The zero-order valence-electron chi connectivity index (χ0n) is 14.8. The van der Waals surface area contributed by atoms with E-state index in [1.54, 1.807) is 18.3 Å². The van der Waals surface area contributed by atoms with Gasteiger partial charge in [0.25, 0.3) is 5.82 Å². The van der Waals surface area contributed by atoms with E-state index in [0.717, 1.165) is 22.3 Å². The summed E-state index contributed by atoms with van der Waals surface area (Å²) in [6.07, 6.45) is 3.50. The minimum absolute atomic E-state index is 0.113. The lowest BCUT2D eigenvalue weighted by Gasteiger charge is -2.17. The van der Waals surface area contributed by atoms with E-state index >= 15 is 0 Å². The van der Waals surface area contributed by atoms with Crippen LogP contribution in [-0.2, 0) is 0 Å². The van der Waals surface area contributed by atoms with Crippen molar-refractivity contribution in [1.82, 2.24) is 4.98 Å². The van der Waals surface area contributed by atoms with Crippen LogP contribution in [0.1, 0.15) is 22.7 Å². The Morgan fingerprint density at radius 2 is 1.89 bits per heavy atom. The van der Waals surface area contributed by atoms with Crippen LogP contribution in [0.2, 0.25) is 0 Å². The highest BCUT2D eigenvalue weighted by molar-refractivity contribution is 5.85. The van der Waals surface area contributed by atoms with Gasteiger partial charge in [-0.25, -0.2) is 9.37 Å². The number of anilines is 1. The number of fused-ring (bicyclic) bond motifs is 1. The fourth-order valence-electron chi connectivity index (χ4n) is 3.19. The van der Waals surface area contributed by atoms with Gasteiger partial charge in [-0.15, -0.1) is 0 Å². The van der Waals surface area contributed by atoms with Gasteiger partial charge >= 0.3 is 0 Å². The molecule has 3 N–H and O–H groups in total. The average Bonchev–Trinajstić information content (AvgIpc) is 2.68. The second kappa shape index (κ2) is 7.03. The molecule has 2 aromatic carbocycles. The van der Waals surface area contributed by atoms with Gasteiger partial charge in [0.05, 0.1) is 6.20 Å². The third-order valence-corrected chi connectivity index (χ3v) is 4.55. The first-order valence-electron chi connectivity index (χ1n) is 8.69. The van der Waals surface area contributed by atoms with E-state index in [2.05, 4.69) is 15.3 Å². The van der Waals surface area contributed by atoms with E-state index in [1.807, 2.05) is 49.5 Å². The topological polar surface area (TPSA) is 59.3 Å². The molecule has 0 spiro atoms. The van der Waals surface area contributed by atoms with Gasteiger partial charge in [0.15, 0.2) is 0 Å². The van der Waals surface area contributed by atoms with Gasteiger partial charge in [-0.05, 0) is 42.8 Å². The Morgan fingerprint density at radius 1 is 1.07 bits per heavy atom. The summed E-state index contributed by atoms with van der Waals surface area (Å²) in [6, 6.07) is 17.4. The lowest BCUT2D eigenvalue weighted by Crippen LogP contribution is -2.19. The number of halogens is 1. The summed E-state index contributed by atoms with van der Waals surface area (Å²) in [7, 11) is 0. The summed E-state index contributed by atoms with van der Waals surface area (Å²) in [5, 5.41) is 15.2. The summed E-state index contributed by atoms with van der Waals surface area (Å²) in [4.78, 5) is 7.47. The van der Waals surface area contributed by atoms with E-state index in [-0.39, 0.29) is 17.6 Å². The normalized spacial score (nSPS) is 12.1. The molecule has 2 aromatic heterocycles. The Morgan fingerprint density at radius 3 is 2.67 bits per heavy atom. The zero-order chi connectivity index (χ0) is 18.8. The maximum absolute atomic E-state index is 13.4. The number of aryl methyl sites for hydroxylation is 1. The summed E-state index contributed by atoms with van der Waals surface area (Å²) in [6.45, 7) is 2.00. The third-order valence-electron chi connectivity index (χ3n) is 4.55. The Bertz CT molecular complexity index is 1100. The van der Waals surface area contributed by atoms with E-state index in [0.29, 0.717) is 11.1 Å². The molecular formula is C22H19FN3O+. The van der Waals surface area contributed by atoms with Crippen LogP contribution < -0.4 is 10.3 Å². The van der Waals surface area contributed by atoms with Crippen LogP contribution in [0, 0.1) is 12.7 Å². The summed E-state index contributed by atoms with van der Waals surface area (Å²) < 4.78 is 13.4. The number of aromatic nitrogens is 2. The van der Waals surface area contributed by atoms with Crippen molar-refractivity contribution in [3.8, 4) is 5.75 Å². The monoisotopic (exact) mass is 360 g/mol. The van der Waals surface area contributed by atoms with Gasteiger partial charge in [0.1, 0.15) is 23.1 Å². The van der Waals surface area contributed by atoms with Crippen molar-refractivity contribution < 1.29 is 14.5 Å². The number of aromatic amines is 1. The molecule has 0 unspecified atom stereocenters. The van der Waals surface area contributed by atoms with Crippen molar-refractivity contribution >= 4 is 16.7 Å². The van der Waals surface area contributed by atoms with Gasteiger partial charge in [-0.3, -0.25) is 10.3 Å². The van der Waals surface area contributed by atoms with Crippen LogP contribution in [0.4, 0.5) is 10.2 Å². The number of hydrogen-bond donors (Lipinski definition) is 2. The van der Waals surface area contributed by atoms with Crippen LogP contribution >= 0.6 is 0 Å². The predicted octanol–water partition coefficient (Wildman–Crippen LogP) is 4.40. The number of nitrogens with zero attached hydrogens (tertiary/aromatic N) is 1. The lowest BCUT2D eigenvalue weighted by molar-refractivity contribution is -0.361. The molecule has 0 saturated heterocycles. The van der Waals surface area contributed by atoms with E-state index in [1.165, 1.54) is 12.1 Å². The molecular weight excluding hydrogens is 341 g/mol. The Kier molecular flexibility index (Phi) is 4.42. The van der Waals surface area contributed by atoms with Gasteiger partial charge in [-0.2, -0.15) is 0 Å². The van der Waals surface area contributed by atoms with Gasteiger partial charge in [0, 0.05) is 28.8 Å². The molecule has 0 fully saturated rings. The highest BCUT2D eigenvalue weighted by Crippen LogP contribution is 2.36. The zero-order valence-corrected chi connectivity index (χ0v) is 14.8. The first-order chi connectivity index (χ1) is 13.1. The maximum atomic E-state index is 13.4. The first-order valence-corrected chi connectivity index (χ1v) is 8.69. The summed E-state index contributed by atoms with van der Waals surface area (Å²) in [5.74, 6) is 0.608. The molecule has 134 valence electrons. The number of hydrogen-bond acceptors (Lipinski definition) is 3. The highest BCUT2D eigenvalue weighted by Gasteiger charge is 2.24. The highest BCUT2D eigenvalue weighted by atomic mass is 19.1. The average molecular weight is 360 g/mol. The minimum Gasteiger partial charge on any atom is -0.505 e. The second-order valence-electron chi connectivity index (χ2n) is 6.49. The van der Waals surface area contributed by atoms with Crippen molar-refractivity contribution in [3.05, 3.63) is 95.6 Å². The number of H-pyrrole nitrogens is 1. The minimum atomic E-state index is -0.380. The molecule has 4 rings (SSSR count). The third kappa shape index (κ3) is 3.44. The van der Waals surface area contributed by atoms with Gasteiger partial charge < -0.3 is 5.11 Å². The van der Waals surface area contributed by atoms with E-state index < -0.39 is 0 Å². The van der Waals surface area contributed by atoms with Crippen molar-refractivity contribution in [1.29, 1.82) is 0 Å². The molecule has 0 aliphatic rings. The number of phenolic OH excluding ortho intramolecular Hbond substituents is 1. The van der Waals surface area contributed by atoms with Crippen LogP contribution in [0.5, 0.6) is 5.75 Å². The molecule has 4 aromatic rings. The van der Waals surface area contributed by atoms with Crippen molar-refractivity contribution in [3.63, 3.8) is 0 Å². The van der Waals surface area contributed by atoms with Crippen LogP contribution in [0.25, 0.3) is 10.9 Å². The largest absolute Gasteiger partial charge is 0.505 e. The lowest BCUT2D eigenvalue weighted by atomic mass is 9.96. The maximum Gasteiger partial charge on any atom is 0.273 e. The molecule has 2 heterocycles. The number of rotatable bonds is 4. The molecule has 0 bridgehead atoms. The molecule has 0 aliphatic heterocycles. The van der Waals surface area contributed by atoms with Crippen molar-refractivity contribution in [2.75, 3.05) is 5.32 Å². The molecule has 1 atom stereocenters. The Balaban J connectivity index is 1.84. The van der Waals surface area contributed by atoms with Gasteiger partial charge in [-0.1, -0.05) is 24.3 Å². The molecule has 0 saturated carbocycles. The SMILES string of the molecule is Cc1cc[nH+]c(N[C@@H](c2ccc(F)cc2)c2ccc3cccnc3c2O)c1. The summed E-state index contributed by atoms with van der Waals surface area (Å²) >= 11 is 0. The fourth-order valence-corrected chi connectivity index (χ4v) is 3.19. The standard InChI is InChI=1S/C22H18FN3O/c1-14-10-12-24-19(13-14)26-20(16-4-7-17(23)8-5-16)18-9-6-15-3-2-11-25-21(15)22(18)27/h2-13,20,27H,1H3,(H,24,26)/p+1/t20-/m0/s1. The number of nitrogens with one attached hydrogen (secondary N) is 2. The van der Waals surface area contributed by atoms with Crippen LogP contribution in [0.3, 0.4) is 0 Å². The van der Waals surface area contributed by atoms with E-state index in [4.69, 9.17) is 0 Å². The first kappa shape index (κ1) is 17.0. The van der Waals surface area contributed by atoms with Gasteiger partial charge in [0.2, 0.25) is 0 Å². The smallest absolute Gasteiger partial charge is 0.273 e. The van der Waals surface area contributed by atoms with Crippen LogP contribution in [0.15, 0.2) is 73.1 Å². The molecule has 0 amide bonds. The Labute approximate surface area is 156 Å². The number of phenols is 1. The molecule has 5 heteroatoms. The summed E-state index contributed by atoms with van der Waals surface area (Å²) in [5.41, 5.74) is 3.13. The molecule has 4 nitrogen and oxygen atoms in total. The second-order valence-corrected chi connectivity index (χ2v) is 6.49. The fraction of sp³-hybridized carbons (Fsp3) is 0.0909. The van der Waals surface area contributed by atoms with E-state index in [9.17, 15) is 9.50 Å². The number of benzene rings is 2. The number of pyridine rings is 2. The molecule has 0 aliphatic carbocycles. The molecule has 0 radical (unpaired) electrons. The predicted molar refractivity (Wildman–Crippen MR) is 103 cm³/mol. The quantitative estimate of drug-likeness (QED) is 0.567. The van der Waals surface area contributed by atoms with Crippen molar-refractivity contribution in [2.45, 2.75) is 13.0 Å². The Hall–Kier alpha value is -3.47. The molecule has 27 heavy (non-hydrogen) atoms. The van der Waals surface area contributed by atoms with Crippen molar-refractivity contribution in [2.24, 2.45) is 0 Å².